The van der Waals surface area contributed by atoms with Gasteiger partial charge in [0.05, 0.1) is 16.6 Å². The molecule has 7 heteroatoms. The van der Waals surface area contributed by atoms with Gasteiger partial charge in [-0.1, -0.05) is 36.4 Å². The first kappa shape index (κ1) is 19.4. The lowest BCUT2D eigenvalue weighted by Gasteiger charge is -2.26. The summed E-state index contributed by atoms with van der Waals surface area (Å²) in [5.74, 6) is 0.475. The first-order chi connectivity index (χ1) is 15.0. The molecule has 1 aliphatic carbocycles. The molecule has 2 heterocycles. The minimum Gasteiger partial charge on any atom is -0.311 e. The number of nitrogens with one attached hydrogen (secondary N) is 1. The molecule has 0 radical (unpaired) electrons. The van der Waals surface area contributed by atoms with Gasteiger partial charge in [0.25, 0.3) is 0 Å². The van der Waals surface area contributed by atoms with Crippen LogP contribution in [0.3, 0.4) is 0 Å². The zero-order valence-corrected chi connectivity index (χ0v) is 17.9. The van der Waals surface area contributed by atoms with Crippen molar-refractivity contribution >= 4 is 22.8 Å². The quantitative estimate of drug-likeness (QED) is 0.546. The average Bonchev–Trinajstić information content (AvgIpc) is 3.16. The number of nitrogens with zero attached hydrogens (tertiary/aromatic N) is 4. The van der Waals surface area contributed by atoms with Gasteiger partial charge in [-0.05, 0) is 37.0 Å². The van der Waals surface area contributed by atoms with Crippen LogP contribution in [0, 0.1) is 0 Å². The molecule has 4 aromatic rings. The SMILES string of the molecule is CC(=O)Nc1c(-c2ccc3c(c2)n(C)c(=O)n3C2CCC2)c(-c2ccccc2)nn1C. The van der Waals surface area contributed by atoms with E-state index >= 15 is 0 Å². The van der Waals surface area contributed by atoms with Gasteiger partial charge >= 0.3 is 5.69 Å². The summed E-state index contributed by atoms with van der Waals surface area (Å²) in [4.78, 5) is 24.9. The summed E-state index contributed by atoms with van der Waals surface area (Å²) in [6, 6.07) is 16.3. The second kappa shape index (κ2) is 7.27. The molecule has 2 aromatic heterocycles. The fourth-order valence-electron chi connectivity index (χ4n) is 4.42. The summed E-state index contributed by atoms with van der Waals surface area (Å²) in [7, 11) is 3.64. The number of anilines is 1. The molecule has 7 nitrogen and oxygen atoms in total. The van der Waals surface area contributed by atoms with Crippen LogP contribution in [0.25, 0.3) is 33.4 Å². The van der Waals surface area contributed by atoms with E-state index in [2.05, 4.69) is 5.32 Å². The van der Waals surface area contributed by atoms with Gasteiger partial charge in [0, 0.05) is 32.6 Å². The van der Waals surface area contributed by atoms with E-state index in [-0.39, 0.29) is 17.6 Å². The fourth-order valence-corrected chi connectivity index (χ4v) is 4.42. The Morgan fingerprint density at radius 2 is 1.77 bits per heavy atom. The molecule has 1 N–H and O–H groups in total. The molecule has 0 atom stereocenters. The standard InChI is InChI=1S/C24H25N5O2/c1-15(30)25-23-21(22(26-28(23)3)16-8-5-4-6-9-16)17-12-13-19-20(14-17)27(2)24(31)29(19)18-10-7-11-18/h4-6,8-9,12-14,18H,7,10-11H2,1-3H3,(H,25,30). The third-order valence-electron chi connectivity index (χ3n) is 6.21. The molecule has 0 unspecified atom stereocenters. The Balaban J connectivity index is 1.75. The summed E-state index contributed by atoms with van der Waals surface area (Å²) in [6.45, 7) is 1.49. The number of imidazole rings is 1. The molecule has 0 bridgehead atoms. The van der Waals surface area contributed by atoms with E-state index in [1.807, 2.05) is 67.2 Å². The first-order valence-corrected chi connectivity index (χ1v) is 10.6. The largest absolute Gasteiger partial charge is 0.329 e. The topological polar surface area (TPSA) is 73.8 Å². The number of carbonyl (C=O) groups is 1. The number of amides is 1. The summed E-state index contributed by atoms with van der Waals surface area (Å²) < 4.78 is 5.34. The maximum atomic E-state index is 12.9. The summed E-state index contributed by atoms with van der Waals surface area (Å²) in [5.41, 5.74) is 5.35. The van der Waals surface area contributed by atoms with Crippen LogP contribution in [0.5, 0.6) is 0 Å². The Morgan fingerprint density at radius 3 is 2.42 bits per heavy atom. The Morgan fingerprint density at radius 1 is 1.03 bits per heavy atom. The van der Waals surface area contributed by atoms with Crippen molar-refractivity contribution < 1.29 is 4.79 Å². The number of aromatic nitrogens is 4. The molecule has 1 saturated carbocycles. The van der Waals surface area contributed by atoms with Crippen molar-refractivity contribution in [3.63, 3.8) is 0 Å². The Labute approximate surface area is 179 Å². The van der Waals surface area contributed by atoms with E-state index in [0.717, 1.165) is 46.3 Å². The van der Waals surface area contributed by atoms with Crippen LogP contribution in [0.2, 0.25) is 0 Å². The minimum atomic E-state index is -0.159. The van der Waals surface area contributed by atoms with Crippen LogP contribution in [-0.4, -0.2) is 24.8 Å². The maximum absolute atomic E-state index is 12.9. The Hall–Kier alpha value is -3.61. The van der Waals surface area contributed by atoms with E-state index in [0.29, 0.717) is 5.82 Å². The molecule has 0 saturated heterocycles. The highest BCUT2D eigenvalue weighted by Gasteiger charge is 2.26. The van der Waals surface area contributed by atoms with Gasteiger partial charge in [0.1, 0.15) is 11.5 Å². The normalized spacial score (nSPS) is 14.0. The fraction of sp³-hybridized carbons (Fsp3) is 0.292. The van der Waals surface area contributed by atoms with Crippen molar-refractivity contribution in [1.82, 2.24) is 18.9 Å². The highest BCUT2D eigenvalue weighted by Crippen LogP contribution is 2.39. The summed E-state index contributed by atoms with van der Waals surface area (Å²) in [5, 5.41) is 7.65. The molecule has 5 rings (SSSR count). The van der Waals surface area contributed by atoms with Crippen molar-refractivity contribution in [3.05, 3.63) is 59.0 Å². The number of fused-ring (bicyclic) bond motifs is 1. The van der Waals surface area contributed by atoms with E-state index in [1.54, 1.807) is 9.25 Å². The van der Waals surface area contributed by atoms with Gasteiger partial charge in [-0.3, -0.25) is 18.6 Å². The van der Waals surface area contributed by atoms with E-state index in [1.165, 1.54) is 13.3 Å². The number of benzene rings is 2. The Bertz CT molecular complexity index is 1360. The van der Waals surface area contributed by atoms with Crippen molar-refractivity contribution in [2.24, 2.45) is 14.1 Å². The van der Waals surface area contributed by atoms with Gasteiger partial charge < -0.3 is 5.32 Å². The number of hydrogen-bond acceptors (Lipinski definition) is 3. The van der Waals surface area contributed by atoms with Crippen LogP contribution in [-0.2, 0) is 18.9 Å². The number of aryl methyl sites for hydroxylation is 2. The van der Waals surface area contributed by atoms with Gasteiger partial charge in [-0.2, -0.15) is 5.10 Å². The molecular weight excluding hydrogens is 390 g/mol. The van der Waals surface area contributed by atoms with Crippen LogP contribution >= 0.6 is 0 Å². The molecule has 1 fully saturated rings. The van der Waals surface area contributed by atoms with E-state index in [4.69, 9.17) is 5.10 Å². The van der Waals surface area contributed by atoms with Gasteiger partial charge in [-0.25, -0.2) is 4.79 Å². The molecule has 0 aliphatic heterocycles. The number of rotatable bonds is 4. The molecule has 0 spiro atoms. The van der Waals surface area contributed by atoms with Crippen LogP contribution < -0.4 is 11.0 Å². The van der Waals surface area contributed by atoms with Crippen LogP contribution in [0.15, 0.2) is 53.3 Å². The molecule has 1 amide bonds. The molecule has 158 valence electrons. The van der Waals surface area contributed by atoms with E-state index in [9.17, 15) is 9.59 Å². The highest BCUT2D eigenvalue weighted by molar-refractivity contribution is 5.98. The van der Waals surface area contributed by atoms with Crippen LogP contribution in [0.4, 0.5) is 5.82 Å². The third-order valence-corrected chi connectivity index (χ3v) is 6.21. The highest BCUT2D eigenvalue weighted by atomic mass is 16.2. The minimum absolute atomic E-state index is 0.0217. The maximum Gasteiger partial charge on any atom is 0.329 e. The summed E-state index contributed by atoms with van der Waals surface area (Å²) >= 11 is 0. The summed E-state index contributed by atoms with van der Waals surface area (Å²) in [6.07, 6.45) is 3.27. The zero-order chi connectivity index (χ0) is 21.7. The average molecular weight is 415 g/mol. The van der Waals surface area contributed by atoms with Crippen LogP contribution in [0.1, 0.15) is 32.2 Å². The molecule has 2 aromatic carbocycles. The monoisotopic (exact) mass is 415 g/mol. The second-order valence-electron chi connectivity index (χ2n) is 8.24. The third kappa shape index (κ3) is 3.08. The second-order valence-corrected chi connectivity index (χ2v) is 8.24. The lowest BCUT2D eigenvalue weighted by molar-refractivity contribution is -0.114. The lowest BCUT2D eigenvalue weighted by atomic mass is 9.92. The lowest BCUT2D eigenvalue weighted by Crippen LogP contribution is -2.29. The van der Waals surface area contributed by atoms with Crippen molar-refractivity contribution in [2.45, 2.75) is 32.2 Å². The van der Waals surface area contributed by atoms with Gasteiger partial charge in [-0.15, -0.1) is 0 Å². The van der Waals surface area contributed by atoms with Crippen molar-refractivity contribution in [2.75, 3.05) is 5.32 Å². The molecule has 31 heavy (non-hydrogen) atoms. The zero-order valence-electron chi connectivity index (χ0n) is 17.9. The predicted octanol–water partition coefficient (Wildman–Crippen LogP) is 4.09. The first-order valence-electron chi connectivity index (χ1n) is 10.6. The number of carbonyl (C=O) groups excluding carboxylic acids is 1. The van der Waals surface area contributed by atoms with Crippen molar-refractivity contribution in [3.8, 4) is 22.4 Å². The van der Waals surface area contributed by atoms with Gasteiger partial charge in [0.2, 0.25) is 5.91 Å². The molecular formula is C24H25N5O2. The van der Waals surface area contributed by atoms with Gasteiger partial charge in [0.15, 0.2) is 0 Å². The predicted molar refractivity (Wildman–Crippen MR) is 122 cm³/mol. The van der Waals surface area contributed by atoms with Crippen molar-refractivity contribution in [1.29, 1.82) is 0 Å². The number of hydrogen-bond donors (Lipinski definition) is 1. The molecule has 1 aliphatic rings. The van der Waals surface area contributed by atoms with E-state index < -0.39 is 0 Å². The Kier molecular flexibility index (Phi) is 4.54. The smallest absolute Gasteiger partial charge is 0.311 e.